The third-order valence-electron chi connectivity index (χ3n) is 3.35. The average molecular weight is 374 g/mol. The number of hydrogen-bond acceptors (Lipinski definition) is 3. The van der Waals surface area contributed by atoms with Crippen LogP contribution in [-0.4, -0.2) is 49.7 Å². The van der Waals surface area contributed by atoms with E-state index >= 15 is 0 Å². The lowest BCUT2D eigenvalue weighted by Gasteiger charge is -2.32. The van der Waals surface area contributed by atoms with Crippen LogP contribution in [0.1, 0.15) is 17.3 Å². The van der Waals surface area contributed by atoms with Crippen molar-refractivity contribution >= 4 is 28.5 Å². The minimum absolute atomic E-state index is 0.00473. The van der Waals surface area contributed by atoms with Crippen LogP contribution in [0.2, 0.25) is 0 Å². The minimum atomic E-state index is 0.00473. The molecule has 2 rings (SSSR count). The standard InChI is InChI=1S/C14H19IN2O2/c1-11(17-6-8-19-9-7-17)10-16-14(18)12-4-2-3-5-13(12)15/h2-5,11H,6-10H2,1H3,(H,16,18). The fourth-order valence-corrected chi connectivity index (χ4v) is 2.76. The molecule has 1 amide bonds. The Labute approximate surface area is 127 Å². The predicted octanol–water partition coefficient (Wildman–Crippen LogP) is 1.74. The summed E-state index contributed by atoms with van der Waals surface area (Å²) >= 11 is 2.19. The summed E-state index contributed by atoms with van der Waals surface area (Å²) in [6.07, 6.45) is 0. The molecule has 1 aromatic rings. The van der Waals surface area contributed by atoms with Gasteiger partial charge in [0.25, 0.3) is 5.91 Å². The molecule has 0 bridgehead atoms. The Hall–Kier alpha value is -0.660. The number of ether oxygens (including phenoxy) is 1. The highest BCUT2D eigenvalue weighted by Crippen LogP contribution is 2.11. The van der Waals surface area contributed by atoms with Gasteiger partial charge in [-0.3, -0.25) is 9.69 Å². The number of morpholine rings is 1. The summed E-state index contributed by atoms with van der Waals surface area (Å²) in [5, 5.41) is 3.01. The highest BCUT2D eigenvalue weighted by Gasteiger charge is 2.18. The fraction of sp³-hybridized carbons (Fsp3) is 0.500. The molecule has 104 valence electrons. The summed E-state index contributed by atoms with van der Waals surface area (Å²) in [5.41, 5.74) is 0.747. The second-order valence-corrected chi connectivity index (χ2v) is 5.85. The number of halogens is 1. The first-order valence-corrected chi connectivity index (χ1v) is 7.61. The van der Waals surface area contributed by atoms with Crippen molar-refractivity contribution in [3.8, 4) is 0 Å². The molecule has 1 heterocycles. The molecule has 0 aliphatic carbocycles. The number of amides is 1. The first kappa shape index (κ1) is 14.7. The largest absolute Gasteiger partial charge is 0.379 e. The number of carbonyl (C=O) groups is 1. The number of nitrogens with one attached hydrogen (secondary N) is 1. The summed E-state index contributed by atoms with van der Waals surface area (Å²) < 4.78 is 6.31. The molecule has 5 heteroatoms. The molecule has 4 nitrogen and oxygen atoms in total. The summed E-state index contributed by atoms with van der Waals surface area (Å²) in [6.45, 7) is 6.27. The number of rotatable bonds is 4. The van der Waals surface area contributed by atoms with Gasteiger partial charge in [0.2, 0.25) is 0 Å². The van der Waals surface area contributed by atoms with Gasteiger partial charge in [-0.2, -0.15) is 0 Å². The van der Waals surface area contributed by atoms with Crippen LogP contribution >= 0.6 is 22.6 Å². The SMILES string of the molecule is CC(CNC(=O)c1ccccc1I)N1CCOCC1. The van der Waals surface area contributed by atoms with Crippen LogP contribution in [0.15, 0.2) is 24.3 Å². The number of nitrogens with zero attached hydrogens (tertiary/aromatic N) is 1. The molecule has 1 aliphatic rings. The van der Waals surface area contributed by atoms with E-state index < -0.39 is 0 Å². The van der Waals surface area contributed by atoms with Crippen molar-refractivity contribution in [2.45, 2.75) is 13.0 Å². The maximum Gasteiger partial charge on any atom is 0.252 e. The Kier molecular flexibility index (Phi) is 5.59. The van der Waals surface area contributed by atoms with Crippen LogP contribution in [0, 0.1) is 3.57 Å². The van der Waals surface area contributed by atoms with Gasteiger partial charge in [0.1, 0.15) is 0 Å². The molecular weight excluding hydrogens is 355 g/mol. The van der Waals surface area contributed by atoms with E-state index in [0.717, 1.165) is 35.4 Å². The highest BCUT2D eigenvalue weighted by atomic mass is 127. The number of hydrogen-bond donors (Lipinski definition) is 1. The van der Waals surface area contributed by atoms with Crippen molar-refractivity contribution in [1.82, 2.24) is 10.2 Å². The van der Waals surface area contributed by atoms with Crippen molar-refractivity contribution < 1.29 is 9.53 Å². The van der Waals surface area contributed by atoms with Gasteiger partial charge in [0, 0.05) is 29.2 Å². The minimum Gasteiger partial charge on any atom is -0.379 e. The number of benzene rings is 1. The zero-order valence-electron chi connectivity index (χ0n) is 11.1. The van der Waals surface area contributed by atoms with Crippen LogP contribution in [0.4, 0.5) is 0 Å². The van der Waals surface area contributed by atoms with Gasteiger partial charge in [-0.05, 0) is 41.6 Å². The molecule has 1 N–H and O–H groups in total. The first-order chi connectivity index (χ1) is 9.18. The lowest BCUT2D eigenvalue weighted by atomic mass is 10.2. The summed E-state index contributed by atoms with van der Waals surface area (Å²) in [7, 11) is 0. The smallest absolute Gasteiger partial charge is 0.252 e. The highest BCUT2D eigenvalue weighted by molar-refractivity contribution is 14.1. The van der Waals surface area contributed by atoms with Crippen molar-refractivity contribution in [2.24, 2.45) is 0 Å². The maximum absolute atomic E-state index is 12.1. The Morgan fingerprint density at radius 1 is 1.42 bits per heavy atom. The Bertz CT molecular complexity index is 433. The van der Waals surface area contributed by atoms with Crippen molar-refractivity contribution in [3.05, 3.63) is 33.4 Å². The van der Waals surface area contributed by atoms with Gasteiger partial charge in [-0.15, -0.1) is 0 Å². The normalized spacial score (nSPS) is 18.0. The average Bonchev–Trinajstić information content (AvgIpc) is 2.46. The lowest BCUT2D eigenvalue weighted by molar-refractivity contribution is 0.0204. The van der Waals surface area contributed by atoms with Gasteiger partial charge >= 0.3 is 0 Å². The first-order valence-electron chi connectivity index (χ1n) is 6.53. The molecular formula is C14H19IN2O2. The van der Waals surface area contributed by atoms with Gasteiger partial charge < -0.3 is 10.1 Å². The molecule has 0 saturated carbocycles. The van der Waals surface area contributed by atoms with E-state index in [9.17, 15) is 4.79 Å². The number of carbonyl (C=O) groups excluding carboxylic acids is 1. The Morgan fingerprint density at radius 3 is 2.79 bits per heavy atom. The molecule has 0 radical (unpaired) electrons. The summed E-state index contributed by atoms with van der Waals surface area (Å²) in [5.74, 6) is 0.00473. The third kappa shape index (κ3) is 4.15. The molecule has 1 aromatic carbocycles. The second kappa shape index (κ2) is 7.21. The molecule has 1 fully saturated rings. The van der Waals surface area contributed by atoms with E-state index in [1.54, 1.807) is 0 Å². The monoisotopic (exact) mass is 374 g/mol. The predicted molar refractivity (Wildman–Crippen MR) is 83.3 cm³/mol. The van der Waals surface area contributed by atoms with Crippen molar-refractivity contribution in [2.75, 3.05) is 32.8 Å². The maximum atomic E-state index is 12.1. The van der Waals surface area contributed by atoms with Crippen molar-refractivity contribution in [3.63, 3.8) is 0 Å². The van der Waals surface area contributed by atoms with Crippen molar-refractivity contribution in [1.29, 1.82) is 0 Å². The lowest BCUT2D eigenvalue weighted by Crippen LogP contribution is -2.47. The van der Waals surface area contributed by atoms with Gasteiger partial charge in [-0.1, -0.05) is 12.1 Å². The van der Waals surface area contributed by atoms with Crippen LogP contribution < -0.4 is 5.32 Å². The molecule has 1 aliphatic heterocycles. The van der Waals surface area contributed by atoms with E-state index in [1.807, 2.05) is 24.3 Å². The second-order valence-electron chi connectivity index (χ2n) is 4.69. The molecule has 1 saturated heterocycles. The quantitative estimate of drug-likeness (QED) is 0.817. The van der Waals surface area contributed by atoms with E-state index in [4.69, 9.17) is 4.74 Å². The van der Waals surface area contributed by atoms with Crippen LogP contribution in [0.25, 0.3) is 0 Å². The third-order valence-corrected chi connectivity index (χ3v) is 4.29. The Balaban J connectivity index is 1.84. The van der Waals surface area contributed by atoms with E-state index in [1.165, 1.54) is 0 Å². The topological polar surface area (TPSA) is 41.6 Å². The molecule has 0 aromatic heterocycles. The zero-order valence-corrected chi connectivity index (χ0v) is 13.2. The van der Waals surface area contributed by atoms with Gasteiger partial charge in [0.15, 0.2) is 0 Å². The van der Waals surface area contributed by atoms with Crippen LogP contribution in [-0.2, 0) is 4.74 Å². The fourth-order valence-electron chi connectivity index (χ4n) is 2.13. The molecule has 0 spiro atoms. The van der Waals surface area contributed by atoms with Gasteiger partial charge in [-0.25, -0.2) is 0 Å². The Morgan fingerprint density at radius 2 is 2.11 bits per heavy atom. The molecule has 1 unspecified atom stereocenters. The zero-order chi connectivity index (χ0) is 13.7. The summed E-state index contributed by atoms with van der Waals surface area (Å²) in [6, 6.07) is 7.98. The van der Waals surface area contributed by atoms with Crippen LogP contribution in [0.5, 0.6) is 0 Å². The van der Waals surface area contributed by atoms with Gasteiger partial charge in [0.05, 0.1) is 18.8 Å². The molecule has 19 heavy (non-hydrogen) atoms. The molecule has 1 atom stereocenters. The van der Waals surface area contributed by atoms with E-state index in [-0.39, 0.29) is 5.91 Å². The van der Waals surface area contributed by atoms with E-state index in [0.29, 0.717) is 12.6 Å². The summed E-state index contributed by atoms with van der Waals surface area (Å²) in [4.78, 5) is 14.4. The van der Waals surface area contributed by atoms with E-state index in [2.05, 4.69) is 39.7 Å². The van der Waals surface area contributed by atoms with Crippen LogP contribution in [0.3, 0.4) is 0 Å².